The number of aromatic nitrogens is 1. The summed E-state index contributed by atoms with van der Waals surface area (Å²) in [5.41, 5.74) is 1.41. The largest absolute Gasteiger partial charge is 0.393 e. The summed E-state index contributed by atoms with van der Waals surface area (Å²) in [7, 11) is 0. The number of halogens is 2. The molecule has 2 aliphatic carbocycles. The van der Waals surface area contributed by atoms with Crippen LogP contribution in [0.4, 0.5) is 5.69 Å². The zero-order chi connectivity index (χ0) is 37.8. The van der Waals surface area contributed by atoms with E-state index in [1.807, 2.05) is 78.9 Å². The molecule has 0 bridgehead atoms. The number of benzene rings is 3. The summed E-state index contributed by atoms with van der Waals surface area (Å²) in [5.74, 6) is -1.16. The lowest BCUT2D eigenvalue weighted by atomic mass is 9.53. The van der Waals surface area contributed by atoms with Crippen LogP contribution in [0.25, 0.3) is 0 Å². The van der Waals surface area contributed by atoms with Gasteiger partial charge in [0.05, 0.1) is 24.3 Å². The van der Waals surface area contributed by atoms with Crippen molar-refractivity contribution in [2.75, 3.05) is 5.32 Å². The Labute approximate surface area is 327 Å². The normalized spacial score (nSPS) is 28.4. The second kappa shape index (κ2) is 14.4. The first-order chi connectivity index (χ1) is 25.9. The molecule has 2 amide bonds. The molecule has 5 atom stereocenters. The summed E-state index contributed by atoms with van der Waals surface area (Å²) in [4.78, 5) is 37.8. The number of hydrogen-bond acceptors (Lipinski definition) is 6. The second-order valence-electron chi connectivity index (χ2n) is 16.6. The number of nitrogens with zero attached hydrogens (tertiary/aromatic N) is 2. The fourth-order valence-electron chi connectivity index (χ4n) is 10.5. The molecule has 3 aromatic carbocycles. The highest BCUT2D eigenvalue weighted by Gasteiger charge is 2.77. The van der Waals surface area contributed by atoms with Gasteiger partial charge in [-0.1, -0.05) is 104 Å². The smallest absolute Gasteiger partial charge is 0.238 e. The van der Waals surface area contributed by atoms with Crippen LogP contribution in [-0.4, -0.2) is 55.6 Å². The summed E-state index contributed by atoms with van der Waals surface area (Å²) >= 11 is 13.3. The Kier molecular flexibility index (Phi) is 9.89. The van der Waals surface area contributed by atoms with E-state index in [4.69, 9.17) is 23.2 Å². The number of aliphatic hydroxyl groups excluding tert-OH is 2. The summed E-state index contributed by atoms with van der Waals surface area (Å²) in [6, 6.07) is 26.9. The molecule has 3 heterocycles. The number of likely N-dealkylation sites (tertiary alicyclic amines) is 1. The minimum Gasteiger partial charge on any atom is -0.393 e. The van der Waals surface area contributed by atoms with Gasteiger partial charge in [0.25, 0.3) is 0 Å². The lowest BCUT2D eigenvalue weighted by Gasteiger charge is -2.56. The molecule has 4 aromatic rings. The van der Waals surface area contributed by atoms with Gasteiger partial charge in [-0.25, -0.2) is 4.98 Å². The minimum atomic E-state index is -1.30. The van der Waals surface area contributed by atoms with Crippen LogP contribution in [0.5, 0.6) is 0 Å². The van der Waals surface area contributed by atoms with Crippen molar-refractivity contribution >= 4 is 40.7 Å². The predicted octanol–water partition coefficient (Wildman–Crippen LogP) is 8.28. The third-order valence-electron chi connectivity index (χ3n) is 13.1. The molecule has 4 aliphatic rings. The summed E-state index contributed by atoms with van der Waals surface area (Å²) < 4.78 is 0. The van der Waals surface area contributed by atoms with Crippen molar-refractivity contribution in [1.29, 1.82) is 0 Å². The zero-order valence-electron chi connectivity index (χ0n) is 30.7. The number of aliphatic hydroxyl groups is 2. The molecule has 8 rings (SSSR count). The molecule has 4 N–H and O–H groups in total. The number of amides is 2. The lowest BCUT2D eigenvalue weighted by molar-refractivity contribution is -0.137. The molecule has 0 radical (unpaired) electrons. The van der Waals surface area contributed by atoms with Crippen molar-refractivity contribution in [2.24, 2.45) is 5.41 Å². The van der Waals surface area contributed by atoms with Gasteiger partial charge in [-0.3, -0.25) is 14.5 Å². The Hall–Kier alpha value is -3.79. The van der Waals surface area contributed by atoms with Gasteiger partial charge in [0.1, 0.15) is 10.6 Å². The van der Waals surface area contributed by atoms with Gasteiger partial charge in [-0.05, 0) is 103 Å². The van der Waals surface area contributed by atoms with Gasteiger partial charge < -0.3 is 20.8 Å². The van der Waals surface area contributed by atoms with E-state index in [2.05, 4.69) is 34.4 Å². The van der Waals surface area contributed by atoms with Crippen molar-refractivity contribution in [2.45, 2.75) is 112 Å². The Bertz CT molecular complexity index is 2010. The van der Waals surface area contributed by atoms with Gasteiger partial charge >= 0.3 is 0 Å². The van der Waals surface area contributed by atoms with E-state index in [1.54, 1.807) is 18.3 Å². The highest BCUT2D eigenvalue weighted by molar-refractivity contribution is 6.31. The fraction of sp³-hybridized carbons (Fsp3) is 0.432. The quantitative estimate of drug-likeness (QED) is 0.141. The fourth-order valence-corrected chi connectivity index (χ4v) is 10.8. The molecule has 282 valence electrons. The minimum absolute atomic E-state index is 0.0188. The molecule has 0 unspecified atom stereocenters. The molecule has 2 spiro atoms. The first kappa shape index (κ1) is 37.1. The van der Waals surface area contributed by atoms with Crippen LogP contribution in [-0.2, 0) is 15.0 Å². The Morgan fingerprint density at radius 2 is 1.54 bits per heavy atom. The number of anilines is 1. The van der Waals surface area contributed by atoms with E-state index in [-0.39, 0.29) is 34.5 Å². The summed E-state index contributed by atoms with van der Waals surface area (Å²) in [5, 5.41) is 30.7. The lowest BCUT2D eigenvalue weighted by Crippen LogP contribution is -2.64. The number of fused-ring (bicyclic) bond motifs is 3. The molecule has 3 fully saturated rings. The molecule has 2 aliphatic heterocycles. The summed E-state index contributed by atoms with van der Waals surface area (Å²) in [6.07, 6.45) is 5.45. The molecule has 8 nitrogen and oxygen atoms in total. The van der Waals surface area contributed by atoms with Crippen LogP contribution < -0.4 is 10.6 Å². The number of carbonyl (C=O) groups excluding carboxylic acids is 2. The maximum Gasteiger partial charge on any atom is 0.238 e. The number of hydrogen-bond donors (Lipinski definition) is 4. The number of carbonyl (C=O) groups is 2. The third kappa shape index (κ3) is 6.15. The van der Waals surface area contributed by atoms with Gasteiger partial charge in [-0.2, -0.15) is 0 Å². The van der Waals surface area contributed by atoms with E-state index in [1.165, 1.54) is 0 Å². The van der Waals surface area contributed by atoms with Crippen LogP contribution in [0.3, 0.4) is 0 Å². The Balaban J connectivity index is 1.45. The molecule has 2 saturated carbocycles. The average Bonchev–Trinajstić information content (AvgIpc) is 3.59. The van der Waals surface area contributed by atoms with Crippen LogP contribution in [0.15, 0.2) is 97.2 Å². The van der Waals surface area contributed by atoms with E-state index < -0.39 is 35.1 Å². The van der Waals surface area contributed by atoms with Gasteiger partial charge in [0.15, 0.2) is 0 Å². The van der Waals surface area contributed by atoms with Crippen molar-refractivity contribution in [3.8, 4) is 0 Å². The molecule has 10 heteroatoms. The van der Waals surface area contributed by atoms with E-state index in [0.717, 1.165) is 29.5 Å². The second-order valence-corrected chi connectivity index (χ2v) is 17.4. The highest BCUT2D eigenvalue weighted by Crippen LogP contribution is 2.69. The third-order valence-corrected chi connectivity index (χ3v) is 13.5. The molecule has 1 aromatic heterocycles. The topological polar surface area (TPSA) is 115 Å². The first-order valence-electron chi connectivity index (χ1n) is 19.2. The Morgan fingerprint density at radius 1 is 0.889 bits per heavy atom. The van der Waals surface area contributed by atoms with Crippen LogP contribution in [0.1, 0.15) is 106 Å². The monoisotopic (exact) mass is 766 g/mol. The van der Waals surface area contributed by atoms with Crippen molar-refractivity contribution in [1.82, 2.24) is 15.2 Å². The Morgan fingerprint density at radius 3 is 2.19 bits per heavy atom. The predicted molar refractivity (Wildman–Crippen MR) is 211 cm³/mol. The first-order valence-corrected chi connectivity index (χ1v) is 20.0. The summed E-state index contributed by atoms with van der Waals surface area (Å²) in [6.45, 7) is 4.53. The van der Waals surface area contributed by atoms with Crippen molar-refractivity contribution in [3.63, 3.8) is 0 Å². The van der Waals surface area contributed by atoms with Crippen molar-refractivity contribution < 1.29 is 19.8 Å². The number of rotatable bonds is 7. The van der Waals surface area contributed by atoms with E-state index in [0.29, 0.717) is 54.8 Å². The molecule has 1 saturated heterocycles. The van der Waals surface area contributed by atoms with Crippen LogP contribution in [0.2, 0.25) is 10.2 Å². The van der Waals surface area contributed by atoms with Crippen molar-refractivity contribution in [3.05, 3.63) is 130 Å². The zero-order valence-corrected chi connectivity index (χ0v) is 32.2. The van der Waals surface area contributed by atoms with Gasteiger partial charge in [0, 0.05) is 34.4 Å². The maximum atomic E-state index is 15.6. The van der Waals surface area contributed by atoms with E-state index >= 15 is 9.59 Å². The standard InChI is InChI=1S/C44H48Cl2N4O4/c1-42(2)20-22-43(23-21-42)44(33-18-13-30(45)26-34(33)49-41(44)54)36(29-19-24-47-35(46)25-29)38(40(53)48-31-14-16-32(51)17-15-31)50(43)37(27-9-5-3-6-10-27)39(52)28-11-7-4-8-12-28/h3-13,18-19,24-26,31-32,36-39,51-52H,14-17,20-23H2,1-2H3,(H,48,53)(H,49,54)/t31-,32-,36-,37+,38+,39-,44+/m0/s1. The molecular weight excluding hydrogens is 719 g/mol. The number of pyridine rings is 1. The van der Waals surface area contributed by atoms with Gasteiger partial charge in [0.2, 0.25) is 11.8 Å². The average molecular weight is 768 g/mol. The van der Waals surface area contributed by atoms with E-state index in [9.17, 15) is 10.2 Å². The number of nitrogens with one attached hydrogen (secondary N) is 2. The molecular formula is C44H48Cl2N4O4. The van der Waals surface area contributed by atoms with Gasteiger partial charge in [-0.15, -0.1) is 0 Å². The highest BCUT2D eigenvalue weighted by atomic mass is 35.5. The molecule has 54 heavy (non-hydrogen) atoms. The van der Waals surface area contributed by atoms with Crippen LogP contribution >= 0.6 is 23.2 Å². The van der Waals surface area contributed by atoms with Crippen LogP contribution in [0, 0.1) is 5.41 Å². The SMILES string of the molecule is CC1(C)CCC2(CC1)N([C@H](c1ccccc1)[C@@H](O)c1ccccc1)[C@@H](C(=O)N[C@H]1CC[C@H](O)CC1)[C@H](c1ccnc(Cl)c1)[C@]21C(=O)Nc2cc(Cl)ccc21. The maximum absolute atomic E-state index is 15.6.